The fraction of sp³-hybridized carbons (Fsp3) is 0.476. The van der Waals surface area contributed by atoms with Crippen LogP contribution in [0, 0.1) is 0 Å². The van der Waals surface area contributed by atoms with Gasteiger partial charge in [-0.3, -0.25) is 9.69 Å². The summed E-state index contributed by atoms with van der Waals surface area (Å²) in [6.45, 7) is 10.6. The van der Waals surface area contributed by atoms with Crippen LogP contribution in [-0.4, -0.2) is 53.3 Å². The summed E-state index contributed by atoms with van der Waals surface area (Å²) in [4.78, 5) is 15.0. The van der Waals surface area contributed by atoms with E-state index in [1.807, 2.05) is 24.3 Å². The van der Waals surface area contributed by atoms with Crippen LogP contribution < -0.4 is 5.32 Å². The Morgan fingerprint density at radius 1 is 1.19 bits per heavy atom. The third-order valence-electron chi connectivity index (χ3n) is 5.07. The Morgan fingerprint density at radius 2 is 1.77 bits per heavy atom. The molecule has 5 heteroatoms. The minimum absolute atomic E-state index is 0.00706. The standard InChI is InChI=1S/C21H28N2O3/c1-14-11-23(12-15(2)26-14)21(3,4)13-22-20(25)18-9-16-7-5-6-8-17(16)10-19(18)24/h5-10,14-15,24H,11-13H2,1-4H3,(H,22,25)/t14-,15-/m1/s1. The van der Waals surface area contributed by atoms with Gasteiger partial charge in [0.15, 0.2) is 0 Å². The Balaban J connectivity index is 1.71. The first-order valence-electron chi connectivity index (χ1n) is 9.17. The lowest BCUT2D eigenvalue weighted by Gasteiger charge is -2.45. The van der Waals surface area contributed by atoms with Gasteiger partial charge >= 0.3 is 0 Å². The summed E-state index contributed by atoms with van der Waals surface area (Å²) in [6, 6.07) is 11.1. The number of phenolic OH excluding ortho intramolecular Hbond substituents is 1. The monoisotopic (exact) mass is 356 g/mol. The summed E-state index contributed by atoms with van der Waals surface area (Å²) < 4.78 is 5.80. The Morgan fingerprint density at radius 3 is 2.38 bits per heavy atom. The molecule has 2 atom stereocenters. The predicted molar refractivity (Wildman–Crippen MR) is 104 cm³/mol. The molecule has 3 rings (SSSR count). The SMILES string of the molecule is C[C@@H]1CN(C(C)(C)CNC(=O)c2cc3ccccc3cc2O)C[C@@H](C)O1. The van der Waals surface area contributed by atoms with E-state index in [4.69, 9.17) is 4.74 Å². The number of nitrogens with one attached hydrogen (secondary N) is 1. The van der Waals surface area contributed by atoms with Gasteiger partial charge in [0.1, 0.15) is 5.75 Å². The molecule has 1 aliphatic rings. The van der Waals surface area contributed by atoms with Gasteiger partial charge in [-0.05, 0) is 50.6 Å². The van der Waals surface area contributed by atoms with E-state index < -0.39 is 0 Å². The van der Waals surface area contributed by atoms with E-state index in [1.54, 1.807) is 12.1 Å². The van der Waals surface area contributed by atoms with Crippen molar-refractivity contribution >= 4 is 16.7 Å². The van der Waals surface area contributed by atoms with E-state index in [1.165, 1.54) is 0 Å². The van der Waals surface area contributed by atoms with Crippen molar-refractivity contribution in [2.45, 2.75) is 45.4 Å². The number of rotatable bonds is 4. The zero-order chi connectivity index (χ0) is 18.9. The molecule has 1 aliphatic heterocycles. The second-order valence-corrected chi connectivity index (χ2v) is 7.87. The molecule has 0 bridgehead atoms. The molecule has 2 aromatic carbocycles. The number of ether oxygens (including phenoxy) is 1. The van der Waals surface area contributed by atoms with Crippen molar-refractivity contribution in [3.63, 3.8) is 0 Å². The first kappa shape index (κ1) is 18.7. The van der Waals surface area contributed by atoms with Gasteiger partial charge in [0, 0.05) is 25.2 Å². The zero-order valence-corrected chi connectivity index (χ0v) is 16.0. The Hall–Kier alpha value is -2.11. The first-order chi connectivity index (χ1) is 12.3. The number of fused-ring (bicyclic) bond motifs is 1. The van der Waals surface area contributed by atoms with Gasteiger partial charge < -0.3 is 15.2 Å². The first-order valence-corrected chi connectivity index (χ1v) is 9.17. The third-order valence-corrected chi connectivity index (χ3v) is 5.07. The minimum Gasteiger partial charge on any atom is -0.507 e. The van der Waals surface area contributed by atoms with Gasteiger partial charge in [-0.25, -0.2) is 0 Å². The van der Waals surface area contributed by atoms with E-state index >= 15 is 0 Å². The number of amides is 1. The maximum absolute atomic E-state index is 12.7. The van der Waals surface area contributed by atoms with Crippen molar-refractivity contribution in [2.24, 2.45) is 0 Å². The molecule has 1 saturated heterocycles. The lowest BCUT2D eigenvalue weighted by molar-refractivity contribution is -0.0948. The second-order valence-electron chi connectivity index (χ2n) is 7.87. The van der Waals surface area contributed by atoms with Crippen LogP contribution in [0.5, 0.6) is 5.75 Å². The molecule has 1 amide bonds. The maximum atomic E-state index is 12.7. The summed E-state index contributed by atoms with van der Waals surface area (Å²) in [7, 11) is 0. The van der Waals surface area contributed by atoms with E-state index in [0.717, 1.165) is 23.9 Å². The summed E-state index contributed by atoms with van der Waals surface area (Å²) >= 11 is 0. The highest BCUT2D eigenvalue weighted by Crippen LogP contribution is 2.25. The molecule has 2 aromatic rings. The Bertz CT molecular complexity index is 793. The number of aromatic hydroxyl groups is 1. The summed E-state index contributed by atoms with van der Waals surface area (Å²) in [5.41, 5.74) is 0.109. The van der Waals surface area contributed by atoms with E-state index in [2.05, 4.69) is 37.9 Å². The van der Waals surface area contributed by atoms with Crippen LogP contribution in [0.2, 0.25) is 0 Å². The molecule has 0 radical (unpaired) electrons. The molecule has 0 aliphatic carbocycles. The van der Waals surface area contributed by atoms with Gasteiger partial charge in [-0.15, -0.1) is 0 Å². The quantitative estimate of drug-likeness (QED) is 0.883. The topological polar surface area (TPSA) is 61.8 Å². The average Bonchev–Trinajstić information content (AvgIpc) is 2.58. The predicted octanol–water partition coefficient (Wildman–Crippen LogP) is 3.16. The number of hydrogen-bond donors (Lipinski definition) is 2. The molecule has 0 saturated carbocycles. The molecule has 26 heavy (non-hydrogen) atoms. The number of hydrogen-bond acceptors (Lipinski definition) is 4. The van der Waals surface area contributed by atoms with Crippen molar-refractivity contribution in [1.29, 1.82) is 0 Å². The Kier molecular flexibility index (Phi) is 5.21. The number of nitrogens with zero attached hydrogens (tertiary/aromatic N) is 1. The average molecular weight is 356 g/mol. The molecule has 1 fully saturated rings. The number of phenols is 1. The summed E-state index contributed by atoms with van der Waals surface area (Å²) in [5.74, 6) is -0.247. The van der Waals surface area contributed by atoms with Gasteiger partial charge in [-0.1, -0.05) is 24.3 Å². The van der Waals surface area contributed by atoms with Gasteiger partial charge in [0.2, 0.25) is 0 Å². The molecule has 140 valence electrons. The molecule has 5 nitrogen and oxygen atoms in total. The summed E-state index contributed by atoms with van der Waals surface area (Å²) in [6.07, 6.45) is 0.358. The normalized spacial score (nSPS) is 21.7. The Labute approximate surface area is 155 Å². The van der Waals surface area contributed by atoms with Gasteiger partial charge in [0.25, 0.3) is 5.91 Å². The van der Waals surface area contributed by atoms with Crippen molar-refractivity contribution < 1.29 is 14.6 Å². The molecular weight excluding hydrogens is 328 g/mol. The fourth-order valence-electron chi connectivity index (χ4n) is 3.59. The minimum atomic E-state index is -0.254. The van der Waals surface area contributed by atoms with Crippen molar-refractivity contribution in [1.82, 2.24) is 10.2 Å². The molecule has 2 N–H and O–H groups in total. The third kappa shape index (κ3) is 4.00. The van der Waals surface area contributed by atoms with Crippen molar-refractivity contribution in [2.75, 3.05) is 19.6 Å². The summed E-state index contributed by atoms with van der Waals surface area (Å²) in [5, 5.41) is 15.1. The van der Waals surface area contributed by atoms with E-state index in [9.17, 15) is 9.90 Å². The number of carbonyl (C=O) groups is 1. The number of morpholine rings is 1. The van der Waals surface area contributed by atoms with Crippen LogP contribution in [0.1, 0.15) is 38.1 Å². The molecule has 0 spiro atoms. The highest BCUT2D eigenvalue weighted by Gasteiger charge is 2.33. The molecule has 1 heterocycles. The molecule has 0 unspecified atom stereocenters. The van der Waals surface area contributed by atoms with Crippen LogP contribution >= 0.6 is 0 Å². The van der Waals surface area contributed by atoms with E-state index in [0.29, 0.717) is 12.1 Å². The van der Waals surface area contributed by atoms with Crippen LogP contribution in [0.3, 0.4) is 0 Å². The number of benzene rings is 2. The smallest absolute Gasteiger partial charge is 0.255 e. The van der Waals surface area contributed by atoms with Crippen LogP contribution in [0.15, 0.2) is 36.4 Å². The van der Waals surface area contributed by atoms with Gasteiger partial charge in [-0.2, -0.15) is 0 Å². The van der Waals surface area contributed by atoms with Crippen LogP contribution in [0.25, 0.3) is 10.8 Å². The largest absolute Gasteiger partial charge is 0.507 e. The highest BCUT2D eigenvalue weighted by atomic mass is 16.5. The highest BCUT2D eigenvalue weighted by molar-refractivity contribution is 6.01. The van der Waals surface area contributed by atoms with Crippen molar-refractivity contribution in [3.8, 4) is 5.75 Å². The van der Waals surface area contributed by atoms with Gasteiger partial charge in [0.05, 0.1) is 17.8 Å². The maximum Gasteiger partial charge on any atom is 0.255 e. The fourth-order valence-corrected chi connectivity index (χ4v) is 3.59. The van der Waals surface area contributed by atoms with E-state index in [-0.39, 0.29) is 29.4 Å². The number of carbonyl (C=O) groups excluding carboxylic acids is 1. The lowest BCUT2D eigenvalue weighted by Crippen LogP contribution is -2.58. The molecular formula is C21H28N2O3. The second kappa shape index (κ2) is 7.25. The van der Waals surface area contributed by atoms with Crippen LogP contribution in [-0.2, 0) is 4.74 Å². The van der Waals surface area contributed by atoms with Crippen LogP contribution in [0.4, 0.5) is 0 Å². The lowest BCUT2D eigenvalue weighted by atomic mass is 9.99. The van der Waals surface area contributed by atoms with Crippen molar-refractivity contribution in [3.05, 3.63) is 42.0 Å². The zero-order valence-electron chi connectivity index (χ0n) is 16.0. The molecule has 0 aromatic heterocycles.